The smallest absolute Gasteiger partial charge is 0.250 e. The minimum atomic E-state index is -0.492. The molecule has 146 valence electrons. The molecule has 0 spiro atoms. The third-order valence-electron chi connectivity index (χ3n) is 5.91. The van der Waals surface area contributed by atoms with Crippen LogP contribution in [0.1, 0.15) is 29.7 Å². The van der Waals surface area contributed by atoms with Gasteiger partial charge in [0.25, 0.3) is 0 Å². The molecule has 0 aliphatic carbocycles. The van der Waals surface area contributed by atoms with Crippen LogP contribution < -0.4 is 4.90 Å². The number of hydrogen-bond acceptors (Lipinski definition) is 3. The maximum absolute atomic E-state index is 13.4. The van der Waals surface area contributed by atoms with E-state index in [0.717, 1.165) is 25.1 Å². The molecule has 1 saturated heterocycles. The van der Waals surface area contributed by atoms with Crippen molar-refractivity contribution in [2.24, 2.45) is 0 Å². The van der Waals surface area contributed by atoms with Crippen molar-refractivity contribution in [3.8, 4) is 0 Å². The van der Waals surface area contributed by atoms with Gasteiger partial charge in [-0.05, 0) is 36.6 Å². The van der Waals surface area contributed by atoms with E-state index in [2.05, 4.69) is 42.2 Å². The highest BCUT2D eigenvalue weighted by molar-refractivity contribution is 5.89. The summed E-state index contributed by atoms with van der Waals surface area (Å²) in [5.41, 5.74) is 4.61. The lowest BCUT2D eigenvalue weighted by Gasteiger charge is -2.41. The highest BCUT2D eigenvalue weighted by atomic mass is 16.2. The average Bonchev–Trinajstić information content (AvgIpc) is 2.73. The standard InChI is InChI=1S/C23H27N3O2/c1-17-7-9-20(10-8-17)24-13-15-25(16-14-24)23(28)22-21-6-4-3-5-19(21)11-12-26(22)18(2)27/h3-10,22H,11-16H2,1-2H3/t22-/m0/s1. The number of amides is 2. The van der Waals surface area contributed by atoms with Crippen LogP contribution in [0.25, 0.3) is 0 Å². The van der Waals surface area contributed by atoms with Gasteiger partial charge in [0.1, 0.15) is 6.04 Å². The van der Waals surface area contributed by atoms with E-state index in [9.17, 15) is 9.59 Å². The quantitative estimate of drug-likeness (QED) is 0.808. The average molecular weight is 377 g/mol. The fourth-order valence-corrected chi connectivity index (χ4v) is 4.29. The van der Waals surface area contributed by atoms with Crippen molar-refractivity contribution in [3.63, 3.8) is 0 Å². The van der Waals surface area contributed by atoms with Crippen LogP contribution in [0.15, 0.2) is 48.5 Å². The Morgan fingerprint density at radius 2 is 1.57 bits per heavy atom. The van der Waals surface area contributed by atoms with E-state index in [0.29, 0.717) is 19.6 Å². The van der Waals surface area contributed by atoms with Gasteiger partial charge in [-0.25, -0.2) is 0 Å². The highest BCUT2D eigenvalue weighted by Gasteiger charge is 2.37. The fraction of sp³-hybridized carbons (Fsp3) is 0.391. The van der Waals surface area contributed by atoms with E-state index in [1.807, 2.05) is 23.1 Å². The minimum absolute atomic E-state index is 0.0360. The summed E-state index contributed by atoms with van der Waals surface area (Å²) in [6.07, 6.45) is 0.806. The Morgan fingerprint density at radius 1 is 0.893 bits per heavy atom. The summed E-state index contributed by atoms with van der Waals surface area (Å²) in [7, 11) is 0. The van der Waals surface area contributed by atoms with Crippen LogP contribution in [0.4, 0.5) is 5.69 Å². The van der Waals surface area contributed by atoms with Gasteiger partial charge in [-0.1, -0.05) is 42.0 Å². The second-order valence-electron chi connectivity index (χ2n) is 7.71. The van der Waals surface area contributed by atoms with Crippen LogP contribution in [0.3, 0.4) is 0 Å². The lowest BCUT2D eigenvalue weighted by Crippen LogP contribution is -2.54. The van der Waals surface area contributed by atoms with Crippen molar-refractivity contribution in [3.05, 3.63) is 65.2 Å². The zero-order valence-corrected chi connectivity index (χ0v) is 16.6. The van der Waals surface area contributed by atoms with Gasteiger partial charge in [-0.15, -0.1) is 0 Å². The zero-order valence-electron chi connectivity index (χ0n) is 16.6. The SMILES string of the molecule is CC(=O)N1CCc2ccccc2[C@H]1C(=O)N1CCN(c2ccc(C)cc2)CC1. The number of aryl methyl sites for hydroxylation is 1. The lowest BCUT2D eigenvalue weighted by atomic mass is 9.91. The van der Waals surface area contributed by atoms with Gasteiger partial charge >= 0.3 is 0 Å². The van der Waals surface area contributed by atoms with Crippen molar-refractivity contribution in [2.45, 2.75) is 26.3 Å². The lowest BCUT2D eigenvalue weighted by molar-refractivity contribution is -0.146. The summed E-state index contributed by atoms with van der Waals surface area (Å²) in [6, 6.07) is 16.1. The Kier molecular flexibility index (Phi) is 5.07. The first-order chi connectivity index (χ1) is 13.5. The summed E-state index contributed by atoms with van der Waals surface area (Å²) in [5, 5.41) is 0. The molecule has 1 atom stereocenters. The van der Waals surface area contributed by atoms with Crippen LogP contribution in [0, 0.1) is 6.92 Å². The van der Waals surface area contributed by atoms with Gasteiger partial charge in [0.15, 0.2) is 0 Å². The maximum Gasteiger partial charge on any atom is 0.250 e. The fourth-order valence-electron chi connectivity index (χ4n) is 4.29. The molecule has 28 heavy (non-hydrogen) atoms. The molecular weight excluding hydrogens is 350 g/mol. The first-order valence-corrected chi connectivity index (χ1v) is 10.00. The van der Waals surface area contributed by atoms with Crippen molar-refractivity contribution >= 4 is 17.5 Å². The Labute approximate surface area is 166 Å². The minimum Gasteiger partial charge on any atom is -0.368 e. The zero-order chi connectivity index (χ0) is 19.7. The summed E-state index contributed by atoms with van der Waals surface area (Å²) < 4.78 is 0. The largest absolute Gasteiger partial charge is 0.368 e. The van der Waals surface area contributed by atoms with Gasteiger partial charge in [-0.2, -0.15) is 0 Å². The van der Waals surface area contributed by atoms with E-state index in [1.54, 1.807) is 11.8 Å². The van der Waals surface area contributed by atoms with Gasteiger partial charge in [0, 0.05) is 45.3 Å². The molecule has 0 aromatic heterocycles. The van der Waals surface area contributed by atoms with E-state index < -0.39 is 6.04 Å². The molecule has 0 saturated carbocycles. The molecule has 2 aliphatic heterocycles. The van der Waals surface area contributed by atoms with Crippen LogP contribution in [0.2, 0.25) is 0 Å². The number of rotatable bonds is 2. The number of hydrogen-bond donors (Lipinski definition) is 0. The Balaban J connectivity index is 1.51. The maximum atomic E-state index is 13.4. The van der Waals surface area contributed by atoms with Crippen molar-refractivity contribution in [1.29, 1.82) is 0 Å². The van der Waals surface area contributed by atoms with Gasteiger partial charge in [0.05, 0.1) is 0 Å². The van der Waals surface area contributed by atoms with Gasteiger partial charge in [-0.3, -0.25) is 9.59 Å². The monoisotopic (exact) mass is 377 g/mol. The summed E-state index contributed by atoms with van der Waals surface area (Å²) in [6.45, 7) is 7.22. The molecule has 4 rings (SSSR count). The predicted molar refractivity (Wildman–Crippen MR) is 110 cm³/mol. The van der Waals surface area contributed by atoms with Crippen LogP contribution in [0.5, 0.6) is 0 Å². The van der Waals surface area contributed by atoms with E-state index in [-0.39, 0.29) is 11.8 Å². The summed E-state index contributed by atoms with van der Waals surface area (Å²) in [4.78, 5) is 31.6. The molecule has 5 heteroatoms. The van der Waals surface area contributed by atoms with Crippen LogP contribution in [-0.4, -0.2) is 54.3 Å². The Bertz CT molecular complexity index is 870. The molecule has 2 amide bonds. The molecule has 2 aromatic carbocycles. The van der Waals surface area contributed by atoms with Crippen molar-refractivity contribution in [2.75, 3.05) is 37.6 Å². The molecule has 0 unspecified atom stereocenters. The van der Waals surface area contributed by atoms with Crippen molar-refractivity contribution < 1.29 is 9.59 Å². The van der Waals surface area contributed by atoms with Crippen LogP contribution >= 0.6 is 0 Å². The topological polar surface area (TPSA) is 43.9 Å². The first-order valence-electron chi connectivity index (χ1n) is 10.00. The number of nitrogens with zero attached hydrogens (tertiary/aromatic N) is 3. The molecular formula is C23H27N3O2. The number of carbonyl (C=O) groups is 2. The number of anilines is 1. The highest BCUT2D eigenvalue weighted by Crippen LogP contribution is 2.32. The molecule has 5 nitrogen and oxygen atoms in total. The Hall–Kier alpha value is -2.82. The van der Waals surface area contributed by atoms with Gasteiger partial charge < -0.3 is 14.7 Å². The summed E-state index contributed by atoms with van der Waals surface area (Å²) in [5.74, 6) is 0.0112. The summed E-state index contributed by atoms with van der Waals surface area (Å²) >= 11 is 0. The molecule has 0 N–H and O–H groups in total. The third-order valence-corrected chi connectivity index (χ3v) is 5.91. The number of fused-ring (bicyclic) bond motifs is 1. The number of benzene rings is 2. The first kappa shape index (κ1) is 18.5. The normalized spacial score (nSPS) is 19.4. The van der Waals surface area contributed by atoms with Crippen molar-refractivity contribution in [1.82, 2.24) is 9.80 Å². The second kappa shape index (κ2) is 7.66. The molecule has 2 heterocycles. The third kappa shape index (κ3) is 3.49. The van der Waals surface area contributed by atoms with Crippen LogP contribution in [-0.2, 0) is 16.0 Å². The van der Waals surface area contributed by atoms with Gasteiger partial charge in [0.2, 0.25) is 11.8 Å². The predicted octanol–water partition coefficient (Wildman–Crippen LogP) is 2.79. The van der Waals surface area contributed by atoms with E-state index >= 15 is 0 Å². The molecule has 1 fully saturated rings. The van der Waals surface area contributed by atoms with E-state index in [4.69, 9.17) is 0 Å². The molecule has 0 bridgehead atoms. The Morgan fingerprint density at radius 3 is 2.25 bits per heavy atom. The van der Waals surface area contributed by atoms with E-state index in [1.165, 1.54) is 16.8 Å². The number of carbonyl (C=O) groups excluding carboxylic acids is 2. The second-order valence-corrected chi connectivity index (χ2v) is 7.71. The molecule has 0 radical (unpaired) electrons. The number of piperazine rings is 1. The molecule has 2 aliphatic rings. The molecule has 2 aromatic rings.